The van der Waals surface area contributed by atoms with Crippen LogP contribution >= 0.6 is 15.9 Å². The molecule has 0 saturated heterocycles. The number of nitrogens with one attached hydrogen (secondary N) is 1. The van der Waals surface area contributed by atoms with E-state index in [0.29, 0.717) is 31.3 Å². The van der Waals surface area contributed by atoms with E-state index in [1.165, 1.54) is 17.0 Å². The SMILES string of the molecule is CC(C)CNC(=O)[C@H](C)N(Cc1cccc(Br)c1)C(=O)CN(c1ccc2c(c1)OCCO2)S(=O)(=O)c1ccccc1. The molecule has 0 fully saturated rings. The van der Waals surface area contributed by atoms with Gasteiger partial charge in [0.1, 0.15) is 25.8 Å². The van der Waals surface area contributed by atoms with E-state index in [-0.39, 0.29) is 29.0 Å². The van der Waals surface area contributed by atoms with Gasteiger partial charge in [-0.25, -0.2) is 8.42 Å². The summed E-state index contributed by atoms with van der Waals surface area (Å²) >= 11 is 3.46. The molecule has 1 aliphatic rings. The van der Waals surface area contributed by atoms with Gasteiger partial charge in [0.05, 0.1) is 10.6 Å². The zero-order valence-electron chi connectivity index (χ0n) is 23.2. The molecular weight excluding hydrogens is 610 g/mol. The molecule has 0 unspecified atom stereocenters. The van der Waals surface area contributed by atoms with Gasteiger partial charge in [-0.05, 0) is 54.8 Å². The van der Waals surface area contributed by atoms with Crippen molar-refractivity contribution in [1.29, 1.82) is 0 Å². The van der Waals surface area contributed by atoms with Crippen LogP contribution in [0.25, 0.3) is 0 Å². The van der Waals surface area contributed by atoms with E-state index in [2.05, 4.69) is 21.2 Å². The number of amides is 2. The van der Waals surface area contributed by atoms with E-state index in [1.54, 1.807) is 43.3 Å². The second kappa shape index (κ2) is 13.4. The fourth-order valence-electron chi connectivity index (χ4n) is 4.30. The minimum absolute atomic E-state index is 0.0314. The zero-order valence-corrected chi connectivity index (χ0v) is 25.7. The number of hydrogen-bond donors (Lipinski definition) is 1. The number of fused-ring (bicyclic) bond motifs is 1. The molecule has 0 saturated carbocycles. The standard InChI is InChI=1S/C30H34BrN3O6S/c1-21(2)18-32-30(36)22(3)33(19-23-8-7-9-24(31)16-23)29(35)20-34(41(37,38)26-10-5-4-6-11-26)25-12-13-27-28(17-25)40-15-14-39-27/h4-13,16-17,21-22H,14-15,18-20H2,1-3H3,(H,32,36)/t22-/m0/s1. The fraction of sp³-hybridized carbons (Fsp3) is 0.333. The second-order valence-electron chi connectivity index (χ2n) is 10.1. The normalized spacial score (nSPS) is 13.4. The lowest BCUT2D eigenvalue weighted by Crippen LogP contribution is -2.51. The van der Waals surface area contributed by atoms with Gasteiger partial charge in [0.25, 0.3) is 10.0 Å². The molecule has 1 aliphatic heterocycles. The summed E-state index contributed by atoms with van der Waals surface area (Å²) in [5, 5.41) is 2.89. The fourth-order valence-corrected chi connectivity index (χ4v) is 6.18. The van der Waals surface area contributed by atoms with Gasteiger partial charge in [0, 0.05) is 23.6 Å². The number of sulfonamides is 1. The molecule has 1 heterocycles. The number of carbonyl (C=O) groups is 2. The monoisotopic (exact) mass is 643 g/mol. The van der Waals surface area contributed by atoms with Crippen molar-refractivity contribution in [3.63, 3.8) is 0 Å². The summed E-state index contributed by atoms with van der Waals surface area (Å²) in [6.07, 6.45) is 0. The molecule has 0 spiro atoms. The Morgan fingerprint density at radius 2 is 1.63 bits per heavy atom. The molecule has 3 aromatic rings. The number of ether oxygens (including phenoxy) is 2. The van der Waals surface area contributed by atoms with E-state index in [9.17, 15) is 18.0 Å². The van der Waals surface area contributed by atoms with Crippen LogP contribution < -0.4 is 19.1 Å². The predicted molar refractivity (Wildman–Crippen MR) is 160 cm³/mol. The second-order valence-corrected chi connectivity index (χ2v) is 12.9. The maximum Gasteiger partial charge on any atom is 0.264 e. The highest BCUT2D eigenvalue weighted by Gasteiger charge is 2.33. The van der Waals surface area contributed by atoms with Crippen LogP contribution in [0.1, 0.15) is 26.3 Å². The molecule has 0 bridgehead atoms. The number of rotatable bonds is 11. The molecule has 218 valence electrons. The van der Waals surface area contributed by atoms with Crippen molar-refractivity contribution in [3.8, 4) is 11.5 Å². The van der Waals surface area contributed by atoms with Crippen LogP contribution in [0.5, 0.6) is 11.5 Å². The van der Waals surface area contributed by atoms with Crippen LogP contribution in [0.2, 0.25) is 0 Å². The quantitative estimate of drug-likeness (QED) is 0.327. The van der Waals surface area contributed by atoms with Gasteiger partial charge in [0.2, 0.25) is 11.8 Å². The molecule has 1 N–H and O–H groups in total. The van der Waals surface area contributed by atoms with Gasteiger partial charge in [-0.2, -0.15) is 0 Å². The molecule has 0 aliphatic carbocycles. The van der Waals surface area contributed by atoms with Crippen molar-refractivity contribution in [2.45, 2.75) is 38.3 Å². The molecule has 0 aromatic heterocycles. The van der Waals surface area contributed by atoms with Gasteiger partial charge in [-0.1, -0.05) is 60.1 Å². The Morgan fingerprint density at radius 1 is 0.927 bits per heavy atom. The zero-order chi connectivity index (χ0) is 29.6. The Morgan fingerprint density at radius 3 is 2.32 bits per heavy atom. The minimum atomic E-state index is -4.17. The van der Waals surface area contributed by atoms with Crippen LogP contribution in [0.15, 0.2) is 82.2 Å². The summed E-state index contributed by atoms with van der Waals surface area (Å²) in [4.78, 5) is 28.6. The number of carbonyl (C=O) groups excluding carboxylic acids is 2. The van der Waals surface area contributed by atoms with Crippen LogP contribution in [0.3, 0.4) is 0 Å². The molecule has 4 rings (SSSR count). The number of halogens is 1. The highest BCUT2D eigenvalue weighted by molar-refractivity contribution is 9.10. The van der Waals surface area contributed by atoms with Crippen molar-refractivity contribution < 1.29 is 27.5 Å². The lowest BCUT2D eigenvalue weighted by atomic mass is 10.1. The first-order valence-corrected chi connectivity index (χ1v) is 15.6. The lowest BCUT2D eigenvalue weighted by molar-refractivity contribution is -0.139. The maximum atomic E-state index is 14.0. The smallest absolute Gasteiger partial charge is 0.264 e. The average Bonchev–Trinajstić information content (AvgIpc) is 2.97. The Bertz CT molecular complexity index is 1480. The summed E-state index contributed by atoms with van der Waals surface area (Å²) in [5.74, 6) is 0.254. The molecule has 1 atom stereocenters. The van der Waals surface area contributed by atoms with Crippen molar-refractivity contribution >= 4 is 43.5 Å². The molecule has 0 radical (unpaired) electrons. The summed E-state index contributed by atoms with van der Waals surface area (Å²) in [6.45, 7) is 6.34. The first-order valence-electron chi connectivity index (χ1n) is 13.4. The lowest BCUT2D eigenvalue weighted by Gasteiger charge is -2.32. The Hall–Kier alpha value is -3.57. The van der Waals surface area contributed by atoms with E-state index in [0.717, 1.165) is 14.3 Å². The Labute approximate surface area is 249 Å². The predicted octanol–water partition coefficient (Wildman–Crippen LogP) is 4.61. The summed E-state index contributed by atoms with van der Waals surface area (Å²) in [5.41, 5.74) is 1.03. The third kappa shape index (κ3) is 7.59. The number of nitrogens with zero attached hydrogens (tertiary/aromatic N) is 2. The van der Waals surface area contributed by atoms with Gasteiger partial charge < -0.3 is 19.7 Å². The molecule has 41 heavy (non-hydrogen) atoms. The number of hydrogen-bond acceptors (Lipinski definition) is 6. The van der Waals surface area contributed by atoms with Crippen LogP contribution in [-0.2, 0) is 26.2 Å². The third-order valence-electron chi connectivity index (χ3n) is 6.52. The molecule has 2 amide bonds. The Balaban J connectivity index is 1.72. The molecule has 3 aromatic carbocycles. The summed E-state index contributed by atoms with van der Waals surface area (Å²) in [6, 6.07) is 19.2. The first-order chi connectivity index (χ1) is 19.6. The van der Waals surface area contributed by atoms with Crippen molar-refractivity contribution in [3.05, 3.63) is 82.8 Å². The summed E-state index contributed by atoms with van der Waals surface area (Å²) < 4.78 is 41.1. The van der Waals surface area contributed by atoms with E-state index < -0.39 is 28.5 Å². The van der Waals surface area contributed by atoms with E-state index in [1.807, 2.05) is 38.1 Å². The van der Waals surface area contributed by atoms with Gasteiger partial charge >= 0.3 is 0 Å². The Kier molecular flexibility index (Phi) is 9.93. The largest absolute Gasteiger partial charge is 0.486 e. The maximum absolute atomic E-state index is 14.0. The number of anilines is 1. The van der Waals surface area contributed by atoms with Crippen molar-refractivity contribution in [2.75, 3.05) is 30.6 Å². The summed E-state index contributed by atoms with van der Waals surface area (Å²) in [7, 11) is -4.17. The highest BCUT2D eigenvalue weighted by Crippen LogP contribution is 2.36. The van der Waals surface area contributed by atoms with Crippen LogP contribution in [-0.4, -0.2) is 57.5 Å². The van der Waals surface area contributed by atoms with Crippen LogP contribution in [0.4, 0.5) is 5.69 Å². The van der Waals surface area contributed by atoms with E-state index in [4.69, 9.17) is 9.47 Å². The van der Waals surface area contributed by atoms with Gasteiger partial charge in [-0.15, -0.1) is 0 Å². The molecular formula is C30H34BrN3O6S. The first kappa shape index (κ1) is 30.4. The van der Waals surface area contributed by atoms with Crippen molar-refractivity contribution in [1.82, 2.24) is 10.2 Å². The van der Waals surface area contributed by atoms with Crippen molar-refractivity contribution in [2.24, 2.45) is 5.92 Å². The highest BCUT2D eigenvalue weighted by atomic mass is 79.9. The molecule has 11 heteroatoms. The van der Waals surface area contributed by atoms with E-state index >= 15 is 0 Å². The molecule has 9 nitrogen and oxygen atoms in total. The van der Waals surface area contributed by atoms with Crippen LogP contribution in [0, 0.1) is 5.92 Å². The average molecular weight is 645 g/mol. The van der Waals surface area contributed by atoms with Gasteiger partial charge in [-0.3, -0.25) is 13.9 Å². The number of benzene rings is 3. The minimum Gasteiger partial charge on any atom is -0.486 e. The topological polar surface area (TPSA) is 105 Å². The van der Waals surface area contributed by atoms with Gasteiger partial charge in [0.15, 0.2) is 11.5 Å². The third-order valence-corrected chi connectivity index (χ3v) is 8.80.